The average molecular weight is 773 g/mol. The third kappa shape index (κ3) is 12.9. The fourth-order valence-corrected chi connectivity index (χ4v) is 4.28. The first-order valence-electron chi connectivity index (χ1n) is 13.0. The molecule has 0 atom stereocenters. The van der Waals surface area contributed by atoms with Crippen molar-refractivity contribution >= 4 is 56.1 Å². The van der Waals surface area contributed by atoms with Crippen LogP contribution in [0.2, 0.25) is 0 Å². The van der Waals surface area contributed by atoms with Gasteiger partial charge in [0.15, 0.2) is 11.5 Å². The third-order valence-corrected chi connectivity index (χ3v) is 7.10. The highest BCUT2D eigenvalue weighted by atomic mass is 79.9. The number of aryl methyl sites for hydroxylation is 1. The Labute approximate surface area is 288 Å². The molecule has 0 amide bonds. The second kappa shape index (κ2) is 19.3. The molecule has 22 heteroatoms. The molecule has 0 aromatic heterocycles. The molecule has 0 saturated carbocycles. The van der Waals surface area contributed by atoms with Crippen molar-refractivity contribution in [2.45, 2.75) is 11.8 Å². The predicted molar refractivity (Wildman–Crippen MR) is 181 cm³/mol. The number of guanidine groups is 2. The molecule has 20 nitrogen and oxygen atoms in total. The number of nitrogens with one attached hydrogen (secondary N) is 2. The van der Waals surface area contributed by atoms with Gasteiger partial charge in [0.05, 0.1) is 55.2 Å². The van der Waals surface area contributed by atoms with E-state index in [4.69, 9.17) is 56.2 Å². The van der Waals surface area contributed by atoms with Gasteiger partial charge in [-0.2, -0.15) is 18.6 Å². The van der Waals surface area contributed by atoms with Crippen molar-refractivity contribution in [3.05, 3.63) is 79.8 Å². The van der Waals surface area contributed by atoms with Crippen LogP contribution in [0.4, 0.5) is 5.69 Å². The van der Waals surface area contributed by atoms with E-state index in [9.17, 15) is 18.5 Å². The van der Waals surface area contributed by atoms with Crippen LogP contribution in [0.15, 0.2) is 68.1 Å². The van der Waals surface area contributed by atoms with Crippen LogP contribution in [0, 0.1) is 27.9 Å². The van der Waals surface area contributed by atoms with E-state index in [1.807, 2.05) is 6.92 Å². The number of halogens is 1. The summed E-state index contributed by atoms with van der Waals surface area (Å²) in [6, 6.07) is 11.9. The van der Waals surface area contributed by atoms with Crippen LogP contribution in [0.1, 0.15) is 16.7 Å². The maximum Gasteiger partial charge on any atom is 0.294 e. The Hall–Kier alpha value is -5.55. The zero-order valence-electron chi connectivity index (χ0n) is 26.6. The first-order valence-corrected chi connectivity index (χ1v) is 15.2. The number of benzene rings is 3. The highest BCUT2D eigenvalue weighted by molar-refractivity contribution is 9.10. The number of nitrogens with two attached hydrogens (primary N) is 2. The predicted octanol–water partition coefficient (Wildman–Crippen LogP) is 3.16. The van der Waals surface area contributed by atoms with Gasteiger partial charge in [-0.15, -0.1) is 10.3 Å². The Balaban J connectivity index is 0.000000382. The SMILES string of the molecule is COc1cc(OC)c(/C=N/N(O)C(=N)N)cc1Br.COc1ccc([N+](=O)[O-])c(/C=N/N(O)C(=N)N)c1OC.Cc1ccc(S(=O)(=O)O)cc1. The Bertz CT molecular complexity index is 1790. The average Bonchev–Trinajstić information content (AvgIpc) is 3.05. The van der Waals surface area contributed by atoms with Gasteiger partial charge >= 0.3 is 0 Å². The van der Waals surface area contributed by atoms with E-state index in [1.54, 1.807) is 31.4 Å². The molecule has 266 valence electrons. The minimum Gasteiger partial charge on any atom is -0.496 e. The molecule has 3 aromatic rings. The van der Waals surface area contributed by atoms with E-state index >= 15 is 0 Å². The van der Waals surface area contributed by atoms with Crippen molar-refractivity contribution in [2.75, 3.05) is 28.4 Å². The zero-order valence-corrected chi connectivity index (χ0v) is 29.0. The summed E-state index contributed by atoms with van der Waals surface area (Å²) in [5.41, 5.74) is 11.2. The smallest absolute Gasteiger partial charge is 0.294 e. The highest BCUT2D eigenvalue weighted by Gasteiger charge is 2.21. The fraction of sp³-hybridized carbons (Fsp3) is 0.185. The Morgan fingerprint density at radius 2 is 1.39 bits per heavy atom. The van der Waals surface area contributed by atoms with Gasteiger partial charge in [0.25, 0.3) is 15.8 Å². The van der Waals surface area contributed by atoms with Crippen LogP contribution >= 0.6 is 15.9 Å². The number of hydrazone groups is 2. The number of nitrogens with zero attached hydrogens (tertiary/aromatic N) is 5. The maximum absolute atomic E-state index is 11.0. The first-order chi connectivity index (χ1) is 22.9. The lowest BCUT2D eigenvalue weighted by Crippen LogP contribution is -2.29. The Kier molecular flexibility index (Phi) is 16.3. The van der Waals surface area contributed by atoms with Crippen molar-refractivity contribution in [3.8, 4) is 23.0 Å². The highest BCUT2D eigenvalue weighted by Crippen LogP contribution is 2.36. The van der Waals surface area contributed by atoms with E-state index in [0.717, 1.165) is 11.8 Å². The molecule has 0 heterocycles. The number of nitro benzene ring substituents is 1. The quantitative estimate of drug-likeness (QED) is 0.0512. The molecule has 3 rings (SSSR count). The summed E-state index contributed by atoms with van der Waals surface area (Å²) < 4.78 is 50.6. The molecule has 0 unspecified atom stereocenters. The Morgan fingerprint density at radius 1 is 0.878 bits per heavy atom. The molecular weight excluding hydrogens is 738 g/mol. The van der Waals surface area contributed by atoms with Gasteiger partial charge in [-0.25, -0.2) is 0 Å². The molecule has 0 aliphatic rings. The molecule has 0 radical (unpaired) electrons. The van der Waals surface area contributed by atoms with Crippen LogP contribution in [0.5, 0.6) is 23.0 Å². The van der Waals surface area contributed by atoms with Crippen molar-refractivity contribution in [1.82, 2.24) is 10.3 Å². The van der Waals surface area contributed by atoms with Crippen molar-refractivity contribution < 1.29 is 47.3 Å². The van der Waals surface area contributed by atoms with E-state index in [1.165, 1.54) is 51.8 Å². The normalized spacial score (nSPS) is 10.6. The molecule has 0 fully saturated rings. The van der Waals surface area contributed by atoms with Crippen LogP contribution in [0.3, 0.4) is 0 Å². The fourth-order valence-electron chi connectivity index (χ4n) is 3.27. The number of nitro groups is 1. The number of hydroxylamine groups is 2. The molecule has 49 heavy (non-hydrogen) atoms. The number of methoxy groups -OCH3 is 4. The van der Waals surface area contributed by atoms with Gasteiger partial charge in [-0.3, -0.25) is 35.9 Å². The first kappa shape index (κ1) is 41.5. The molecule has 0 bridgehead atoms. The minimum atomic E-state index is -4.02. The molecule has 0 aliphatic carbocycles. The number of hydrogen-bond acceptors (Lipinski definition) is 14. The Morgan fingerprint density at radius 3 is 1.82 bits per heavy atom. The largest absolute Gasteiger partial charge is 0.496 e. The zero-order chi connectivity index (χ0) is 37.5. The molecule has 3 aromatic carbocycles. The van der Waals surface area contributed by atoms with Crippen molar-refractivity contribution in [3.63, 3.8) is 0 Å². The topological polar surface area (TPSA) is 306 Å². The van der Waals surface area contributed by atoms with Gasteiger partial charge in [0, 0.05) is 17.7 Å². The van der Waals surface area contributed by atoms with Gasteiger partial charge in [-0.1, -0.05) is 17.7 Å². The summed E-state index contributed by atoms with van der Waals surface area (Å²) in [5.74, 6) is 0.116. The molecular formula is C27H34BrN9O11S. The maximum atomic E-state index is 11.0. The monoisotopic (exact) mass is 771 g/mol. The lowest BCUT2D eigenvalue weighted by atomic mass is 10.1. The van der Waals surface area contributed by atoms with Gasteiger partial charge < -0.3 is 30.4 Å². The van der Waals surface area contributed by atoms with E-state index in [0.29, 0.717) is 21.5 Å². The van der Waals surface area contributed by atoms with Crippen molar-refractivity contribution in [1.29, 1.82) is 10.8 Å². The van der Waals surface area contributed by atoms with Gasteiger partial charge in [0.1, 0.15) is 17.1 Å². The van der Waals surface area contributed by atoms with Gasteiger partial charge in [-0.05, 0) is 47.1 Å². The van der Waals surface area contributed by atoms with E-state index in [2.05, 4.69) is 26.1 Å². The summed E-state index contributed by atoms with van der Waals surface area (Å²) in [4.78, 5) is 10.3. The number of hydrogen-bond donors (Lipinski definition) is 7. The minimum absolute atomic E-state index is 0.0304. The van der Waals surface area contributed by atoms with E-state index in [-0.39, 0.29) is 38.0 Å². The van der Waals surface area contributed by atoms with Crippen LogP contribution < -0.4 is 30.4 Å². The summed E-state index contributed by atoms with van der Waals surface area (Å²) >= 11 is 3.32. The number of ether oxygens (including phenoxy) is 4. The molecule has 0 aliphatic heterocycles. The van der Waals surface area contributed by atoms with Crippen LogP contribution in [0.25, 0.3) is 0 Å². The van der Waals surface area contributed by atoms with Crippen LogP contribution in [-0.4, -0.2) is 91.4 Å². The lowest BCUT2D eigenvalue weighted by molar-refractivity contribution is -0.385. The second-order valence-corrected chi connectivity index (χ2v) is 11.1. The summed E-state index contributed by atoms with van der Waals surface area (Å²) in [5, 5.41) is 50.4. The summed E-state index contributed by atoms with van der Waals surface area (Å²) in [7, 11) is 1.70. The molecule has 0 saturated heterocycles. The summed E-state index contributed by atoms with van der Waals surface area (Å²) in [6.07, 6.45) is 2.26. The second-order valence-electron chi connectivity index (χ2n) is 8.85. The van der Waals surface area contributed by atoms with Crippen LogP contribution in [-0.2, 0) is 10.1 Å². The number of rotatable bonds is 10. The summed E-state index contributed by atoms with van der Waals surface area (Å²) in [6.45, 7) is 1.84. The lowest BCUT2D eigenvalue weighted by Gasteiger charge is -2.11. The van der Waals surface area contributed by atoms with Gasteiger partial charge in [0.2, 0.25) is 11.9 Å². The standard InChI is InChI=1S/C10H13BrN4O3.C10H13N5O5.C7H8O3S/c1-17-8-4-9(18-2)7(11)3-6(8)5-14-15(16)10(12)13;1-19-8-4-3-7(15(17)18)6(9(8)20-2)5-13-14(16)10(11)12;1-6-2-4-7(5-3-6)11(8,9)10/h3-5,16H,1-2H3,(H3,12,13);3-5,16H,1-2H3,(H3,11,12);2-5H,1H3,(H,8,9,10)/b14-5+;13-5+;. The molecule has 9 N–H and O–H groups in total. The van der Waals surface area contributed by atoms with Crippen molar-refractivity contribution in [2.24, 2.45) is 21.7 Å². The van der Waals surface area contributed by atoms with E-state index < -0.39 is 27.0 Å². The third-order valence-electron chi connectivity index (χ3n) is 5.61. The molecule has 0 spiro atoms.